The Kier molecular flexibility index (Phi) is 4.84. The van der Waals surface area contributed by atoms with Gasteiger partial charge in [0, 0.05) is 11.8 Å². The smallest absolute Gasteiger partial charge is 0.142 e. The molecule has 0 radical (unpaired) electrons. The van der Waals surface area contributed by atoms with Crippen molar-refractivity contribution in [1.29, 1.82) is 0 Å². The molecule has 0 saturated heterocycles. The Bertz CT molecular complexity index is 566. The highest BCUT2D eigenvalue weighted by atomic mass is 35.5. The van der Waals surface area contributed by atoms with Crippen LogP contribution < -0.4 is 0 Å². The van der Waals surface area contributed by atoms with Crippen molar-refractivity contribution in [2.75, 3.05) is 5.88 Å². The molecule has 0 saturated carbocycles. The third-order valence-electron chi connectivity index (χ3n) is 3.31. The van der Waals surface area contributed by atoms with E-state index in [0.29, 0.717) is 12.3 Å². The molecule has 1 unspecified atom stereocenters. The molecule has 1 atom stereocenters. The van der Waals surface area contributed by atoms with Gasteiger partial charge in [0.25, 0.3) is 0 Å². The zero-order valence-corrected chi connectivity index (χ0v) is 12.2. The van der Waals surface area contributed by atoms with Crippen LogP contribution in [0.3, 0.4) is 0 Å². The van der Waals surface area contributed by atoms with Gasteiger partial charge in [0.1, 0.15) is 5.82 Å². The van der Waals surface area contributed by atoms with Crippen LogP contribution in [0.5, 0.6) is 0 Å². The Balaban J connectivity index is 2.30. The van der Waals surface area contributed by atoms with Crippen LogP contribution in [0.4, 0.5) is 4.39 Å². The van der Waals surface area contributed by atoms with Gasteiger partial charge in [-0.05, 0) is 36.1 Å². The van der Waals surface area contributed by atoms with Crippen LogP contribution in [-0.2, 0) is 6.42 Å². The summed E-state index contributed by atoms with van der Waals surface area (Å²) in [6, 6.07) is 13.0. The standard InChI is InChI=1S/C16H15Cl2F/c1-11-5-2-3-7-14(11)13(10-17)9-12-6-4-8-15(19)16(12)18/h2-8,13H,9-10H2,1H3. The van der Waals surface area contributed by atoms with Crippen molar-refractivity contribution in [2.45, 2.75) is 19.3 Å². The number of aryl methyl sites for hydroxylation is 1. The van der Waals surface area contributed by atoms with Gasteiger partial charge in [0.05, 0.1) is 5.02 Å². The van der Waals surface area contributed by atoms with Crippen LogP contribution in [0.2, 0.25) is 5.02 Å². The fourth-order valence-electron chi connectivity index (χ4n) is 2.26. The number of hydrogen-bond donors (Lipinski definition) is 0. The van der Waals surface area contributed by atoms with E-state index in [1.165, 1.54) is 17.2 Å². The maximum absolute atomic E-state index is 13.5. The molecule has 0 aliphatic carbocycles. The van der Waals surface area contributed by atoms with Gasteiger partial charge in [-0.3, -0.25) is 0 Å². The lowest BCUT2D eigenvalue weighted by Crippen LogP contribution is -2.07. The Morgan fingerprint density at radius 2 is 1.84 bits per heavy atom. The second kappa shape index (κ2) is 6.40. The molecule has 0 N–H and O–H groups in total. The SMILES string of the molecule is Cc1ccccc1C(CCl)Cc1cccc(F)c1Cl. The van der Waals surface area contributed by atoms with E-state index in [0.717, 1.165) is 5.56 Å². The van der Waals surface area contributed by atoms with E-state index in [-0.39, 0.29) is 16.8 Å². The van der Waals surface area contributed by atoms with Crippen LogP contribution in [0.1, 0.15) is 22.6 Å². The molecule has 3 heteroatoms. The Morgan fingerprint density at radius 3 is 2.53 bits per heavy atom. The van der Waals surface area contributed by atoms with E-state index in [1.807, 2.05) is 18.2 Å². The summed E-state index contributed by atoms with van der Waals surface area (Å²) in [4.78, 5) is 0. The van der Waals surface area contributed by atoms with Gasteiger partial charge in [-0.15, -0.1) is 11.6 Å². The molecule has 2 aromatic rings. The van der Waals surface area contributed by atoms with Crippen LogP contribution in [-0.4, -0.2) is 5.88 Å². The summed E-state index contributed by atoms with van der Waals surface area (Å²) in [5.41, 5.74) is 3.19. The maximum atomic E-state index is 13.5. The van der Waals surface area contributed by atoms with Crippen molar-refractivity contribution in [2.24, 2.45) is 0 Å². The quantitative estimate of drug-likeness (QED) is 0.667. The highest BCUT2D eigenvalue weighted by molar-refractivity contribution is 6.31. The summed E-state index contributed by atoms with van der Waals surface area (Å²) >= 11 is 12.1. The van der Waals surface area contributed by atoms with Gasteiger partial charge in [0.15, 0.2) is 0 Å². The summed E-state index contributed by atoms with van der Waals surface area (Å²) in [6.07, 6.45) is 0.644. The lowest BCUT2D eigenvalue weighted by molar-refractivity contribution is 0.623. The summed E-state index contributed by atoms with van der Waals surface area (Å²) in [7, 11) is 0. The molecule has 0 spiro atoms. The molecule has 0 amide bonds. The van der Waals surface area contributed by atoms with Gasteiger partial charge in [-0.2, -0.15) is 0 Å². The first kappa shape index (κ1) is 14.4. The minimum Gasteiger partial charge on any atom is -0.205 e. The molecule has 2 aromatic carbocycles. The molecule has 0 nitrogen and oxygen atoms in total. The van der Waals surface area contributed by atoms with Crippen molar-refractivity contribution < 1.29 is 4.39 Å². The molecular weight excluding hydrogens is 282 g/mol. The van der Waals surface area contributed by atoms with Gasteiger partial charge in [-0.25, -0.2) is 4.39 Å². The first-order valence-electron chi connectivity index (χ1n) is 6.18. The van der Waals surface area contributed by atoms with Crippen LogP contribution >= 0.6 is 23.2 Å². The topological polar surface area (TPSA) is 0 Å². The summed E-state index contributed by atoms with van der Waals surface area (Å²) < 4.78 is 13.5. The predicted octanol–water partition coefficient (Wildman–Crippen LogP) is 5.35. The van der Waals surface area contributed by atoms with Gasteiger partial charge < -0.3 is 0 Å². The summed E-state index contributed by atoms with van der Waals surface area (Å²) in [5, 5.41) is 0.200. The minimum absolute atomic E-state index is 0.141. The number of rotatable bonds is 4. The molecular formula is C16H15Cl2F. The summed E-state index contributed by atoms with van der Waals surface area (Å²) in [6.45, 7) is 2.06. The molecule has 0 heterocycles. The molecule has 0 aromatic heterocycles. The zero-order chi connectivity index (χ0) is 13.8. The average molecular weight is 297 g/mol. The zero-order valence-electron chi connectivity index (χ0n) is 10.7. The average Bonchev–Trinajstić information content (AvgIpc) is 2.41. The van der Waals surface area contributed by atoms with Crippen LogP contribution in [0.15, 0.2) is 42.5 Å². The predicted molar refractivity (Wildman–Crippen MR) is 79.8 cm³/mol. The molecule has 2 rings (SSSR count). The number of halogens is 3. The highest BCUT2D eigenvalue weighted by Gasteiger charge is 2.16. The Hall–Kier alpha value is -1.05. The first-order chi connectivity index (χ1) is 9.13. The molecule has 0 aliphatic heterocycles. The number of hydrogen-bond acceptors (Lipinski definition) is 0. The van der Waals surface area contributed by atoms with Crippen molar-refractivity contribution in [1.82, 2.24) is 0 Å². The van der Waals surface area contributed by atoms with Crippen LogP contribution in [0, 0.1) is 12.7 Å². The number of benzene rings is 2. The van der Waals surface area contributed by atoms with E-state index >= 15 is 0 Å². The Labute approximate surface area is 123 Å². The van der Waals surface area contributed by atoms with Gasteiger partial charge in [0.2, 0.25) is 0 Å². The second-order valence-corrected chi connectivity index (χ2v) is 5.31. The van der Waals surface area contributed by atoms with Crippen molar-refractivity contribution in [3.63, 3.8) is 0 Å². The molecule has 100 valence electrons. The Morgan fingerprint density at radius 1 is 1.11 bits per heavy atom. The van der Waals surface area contributed by atoms with Gasteiger partial charge in [-0.1, -0.05) is 48.0 Å². The van der Waals surface area contributed by atoms with Crippen LogP contribution in [0.25, 0.3) is 0 Å². The van der Waals surface area contributed by atoms with E-state index in [4.69, 9.17) is 23.2 Å². The third-order valence-corrected chi connectivity index (χ3v) is 4.11. The van der Waals surface area contributed by atoms with E-state index in [9.17, 15) is 4.39 Å². The van der Waals surface area contributed by atoms with E-state index in [2.05, 4.69) is 19.1 Å². The molecule has 0 fully saturated rings. The second-order valence-electron chi connectivity index (χ2n) is 4.62. The number of alkyl halides is 1. The monoisotopic (exact) mass is 296 g/mol. The minimum atomic E-state index is -0.378. The fraction of sp³-hybridized carbons (Fsp3) is 0.250. The lowest BCUT2D eigenvalue weighted by Gasteiger charge is -2.17. The van der Waals surface area contributed by atoms with E-state index < -0.39 is 0 Å². The molecule has 19 heavy (non-hydrogen) atoms. The highest BCUT2D eigenvalue weighted by Crippen LogP contribution is 2.29. The van der Waals surface area contributed by atoms with Crippen molar-refractivity contribution in [3.8, 4) is 0 Å². The first-order valence-corrected chi connectivity index (χ1v) is 7.09. The molecule has 0 aliphatic rings. The van der Waals surface area contributed by atoms with Crippen molar-refractivity contribution in [3.05, 3.63) is 70.0 Å². The third kappa shape index (κ3) is 3.29. The maximum Gasteiger partial charge on any atom is 0.142 e. The van der Waals surface area contributed by atoms with E-state index in [1.54, 1.807) is 6.07 Å². The molecule has 0 bridgehead atoms. The van der Waals surface area contributed by atoms with Gasteiger partial charge >= 0.3 is 0 Å². The van der Waals surface area contributed by atoms with Crippen molar-refractivity contribution >= 4 is 23.2 Å². The largest absolute Gasteiger partial charge is 0.205 e. The lowest BCUT2D eigenvalue weighted by atomic mass is 9.90. The summed E-state index contributed by atoms with van der Waals surface area (Å²) in [5.74, 6) is 0.247. The fourth-order valence-corrected chi connectivity index (χ4v) is 2.74. The normalized spacial score (nSPS) is 12.4.